The number of hydrogen-bond donors (Lipinski definition) is 2. The minimum Gasteiger partial charge on any atom is -0.366 e. The molecule has 138 valence electrons. The molecular weight excluding hydrogens is 350 g/mol. The highest BCUT2D eigenvalue weighted by molar-refractivity contribution is 8.00. The highest BCUT2D eigenvalue weighted by Gasteiger charge is 2.22. The summed E-state index contributed by atoms with van der Waals surface area (Å²) < 4.78 is 0. The maximum atomic E-state index is 12.6. The van der Waals surface area contributed by atoms with E-state index in [0.717, 1.165) is 16.8 Å². The van der Waals surface area contributed by atoms with Crippen LogP contribution in [0.2, 0.25) is 0 Å². The molecule has 7 heteroatoms. The van der Waals surface area contributed by atoms with Gasteiger partial charge in [0, 0.05) is 17.0 Å². The first-order chi connectivity index (χ1) is 12.1. The maximum absolute atomic E-state index is 12.6. The first-order valence-corrected chi connectivity index (χ1v) is 9.18. The van der Waals surface area contributed by atoms with Crippen LogP contribution in [0.3, 0.4) is 0 Å². The van der Waals surface area contributed by atoms with Gasteiger partial charge in [-0.25, -0.2) is 4.98 Å². The van der Waals surface area contributed by atoms with Crippen LogP contribution in [-0.4, -0.2) is 33.2 Å². The fourth-order valence-electron chi connectivity index (χ4n) is 3.07. The molecule has 3 N–H and O–H groups in total. The van der Waals surface area contributed by atoms with Crippen LogP contribution in [0.4, 0.5) is 0 Å². The monoisotopic (exact) mass is 373 g/mol. The Morgan fingerprint density at radius 1 is 1.00 bits per heavy atom. The van der Waals surface area contributed by atoms with Gasteiger partial charge < -0.3 is 10.7 Å². The number of hydrogen-bond acceptors (Lipinski definition) is 5. The Balaban J connectivity index is 2.33. The van der Waals surface area contributed by atoms with Crippen LogP contribution in [0.5, 0.6) is 0 Å². The minimum absolute atomic E-state index is 0.0783. The number of nitrogens with one attached hydrogen (secondary N) is 1. The molecule has 0 unspecified atom stereocenters. The summed E-state index contributed by atoms with van der Waals surface area (Å²) in [6.07, 6.45) is 0. The van der Waals surface area contributed by atoms with Gasteiger partial charge in [0.1, 0.15) is 5.03 Å². The highest BCUT2D eigenvalue weighted by atomic mass is 32.2. The number of aromatic nitrogens is 2. The molecule has 0 bridgehead atoms. The van der Waals surface area contributed by atoms with Crippen molar-refractivity contribution < 1.29 is 14.4 Å². The summed E-state index contributed by atoms with van der Waals surface area (Å²) >= 11 is 1.18. The van der Waals surface area contributed by atoms with Gasteiger partial charge in [-0.1, -0.05) is 11.8 Å². The third kappa shape index (κ3) is 3.58. The van der Waals surface area contributed by atoms with E-state index < -0.39 is 5.91 Å². The van der Waals surface area contributed by atoms with Gasteiger partial charge in [0.15, 0.2) is 11.6 Å². The van der Waals surface area contributed by atoms with E-state index in [1.54, 1.807) is 13.8 Å². The number of Topliss-reactive ketones (excluding diaryl/α,β-unsaturated/α-hetero) is 2. The van der Waals surface area contributed by atoms with Crippen molar-refractivity contribution in [1.82, 2.24) is 9.97 Å². The molecule has 0 aromatic carbocycles. The smallest absolute Gasteiger partial charge is 0.251 e. The van der Waals surface area contributed by atoms with Gasteiger partial charge in [0.25, 0.3) is 5.91 Å². The number of rotatable bonds is 6. The summed E-state index contributed by atoms with van der Waals surface area (Å²) in [6.45, 7) is 10.6. The van der Waals surface area contributed by atoms with Gasteiger partial charge in [0.05, 0.1) is 17.0 Å². The van der Waals surface area contributed by atoms with Gasteiger partial charge in [-0.3, -0.25) is 14.4 Å². The van der Waals surface area contributed by atoms with E-state index in [0.29, 0.717) is 33.1 Å². The molecule has 0 radical (unpaired) electrons. The number of aromatic amines is 1. The van der Waals surface area contributed by atoms with Crippen LogP contribution in [0, 0.1) is 34.6 Å². The largest absolute Gasteiger partial charge is 0.366 e. The van der Waals surface area contributed by atoms with E-state index in [-0.39, 0.29) is 17.3 Å². The number of amides is 1. The maximum Gasteiger partial charge on any atom is 0.251 e. The molecule has 0 saturated carbocycles. The summed E-state index contributed by atoms with van der Waals surface area (Å²) in [5, 5.41) is 0.458. The average Bonchev–Trinajstić information content (AvgIpc) is 2.84. The minimum atomic E-state index is -0.557. The molecule has 0 aliphatic rings. The Hall–Kier alpha value is -2.41. The Kier molecular flexibility index (Phi) is 5.71. The van der Waals surface area contributed by atoms with Crippen molar-refractivity contribution in [3.63, 3.8) is 0 Å². The third-order valence-electron chi connectivity index (χ3n) is 4.62. The lowest BCUT2D eigenvalue weighted by Gasteiger charge is -2.13. The molecule has 2 aromatic rings. The van der Waals surface area contributed by atoms with Gasteiger partial charge in [-0.2, -0.15) is 0 Å². The molecule has 0 fully saturated rings. The van der Waals surface area contributed by atoms with Crippen molar-refractivity contribution in [3.8, 4) is 0 Å². The second-order valence-electron chi connectivity index (χ2n) is 6.38. The molecule has 2 rings (SSSR count). The number of nitrogens with two attached hydrogens (primary N) is 1. The van der Waals surface area contributed by atoms with Crippen LogP contribution < -0.4 is 5.73 Å². The van der Waals surface area contributed by atoms with E-state index in [4.69, 9.17) is 5.73 Å². The number of nitrogens with zero attached hydrogens (tertiary/aromatic N) is 1. The predicted molar refractivity (Wildman–Crippen MR) is 102 cm³/mol. The zero-order chi connectivity index (χ0) is 19.8. The molecule has 0 saturated heterocycles. The second-order valence-corrected chi connectivity index (χ2v) is 7.35. The molecule has 0 aliphatic heterocycles. The van der Waals surface area contributed by atoms with Crippen molar-refractivity contribution >= 4 is 29.2 Å². The number of ketones is 2. The van der Waals surface area contributed by atoms with Gasteiger partial charge in [-0.15, -0.1) is 0 Å². The molecule has 2 aromatic heterocycles. The summed E-state index contributed by atoms with van der Waals surface area (Å²) in [7, 11) is 0. The van der Waals surface area contributed by atoms with Crippen molar-refractivity contribution in [3.05, 3.63) is 44.9 Å². The Labute approximate surface area is 157 Å². The van der Waals surface area contributed by atoms with Gasteiger partial charge in [0.2, 0.25) is 0 Å². The number of aryl methyl sites for hydroxylation is 2. The Bertz CT molecular complexity index is 929. The molecular formula is C19H23N3O3S. The Morgan fingerprint density at radius 2 is 1.62 bits per heavy atom. The van der Waals surface area contributed by atoms with Gasteiger partial charge >= 0.3 is 0 Å². The SMILES string of the molecule is CC(=O)c1c(C)[nH]c(C(=O)CSc2nc(C)c(C)c(C)c2C(N)=O)c1C. The molecule has 26 heavy (non-hydrogen) atoms. The normalized spacial score (nSPS) is 10.8. The van der Waals surface area contributed by atoms with E-state index in [1.165, 1.54) is 18.7 Å². The van der Waals surface area contributed by atoms with E-state index in [9.17, 15) is 14.4 Å². The van der Waals surface area contributed by atoms with E-state index >= 15 is 0 Å². The van der Waals surface area contributed by atoms with Crippen LogP contribution in [0.1, 0.15) is 66.2 Å². The summed E-state index contributed by atoms with van der Waals surface area (Å²) in [5.41, 5.74) is 10.7. The Morgan fingerprint density at radius 3 is 2.12 bits per heavy atom. The van der Waals surface area contributed by atoms with Crippen LogP contribution >= 0.6 is 11.8 Å². The van der Waals surface area contributed by atoms with Crippen molar-refractivity contribution in [2.75, 3.05) is 5.75 Å². The predicted octanol–water partition coefficient (Wildman–Crippen LogP) is 3.23. The number of H-pyrrole nitrogens is 1. The topological polar surface area (TPSA) is 106 Å². The molecule has 6 nitrogen and oxygen atoms in total. The lowest BCUT2D eigenvalue weighted by atomic mass is 10.0. The van der Waals surface area contributed by atoms with Crippen molar-refractivity contribution in [1.29, 1.82) is 0 Å². The number of primary amides is 1. The zero-order valence-electron chi connectivity index (χ0n) is 15.9. The van der Waals surface area contributed by atoms with Crippen LogP contribution in [0.15, 0.2) is 5.03 Å². The number of carbonyl (C=O) groups is 3. The van der Waals surface area contributed by atoms with Gasteiger partial charge in [-0.05, 0) is 58.2 Å². The lowest BCUT2D eigenvalue weighted by molar-refractivity contribution is 0.0989. The first-order valence-electron chi connectivity index (χ1n) is 8.19. The van der Waals surface area contributed by atoms with E-state index in [2.05, 4.69) is 9.97 Å². The van der Waals surface area contributed by atoms with E-state index in [1.807, 2.05) is 20.8 Å². The molecule has 2 heterocycles. The standard InChI is InChI=1S/C19H23N3O3S/c1-8-9(2)16(18(20)25)19(22-11(8)4)26-7-14(24)17-10(3)15(13(6)23)12(5)21-17/h21H,7H2,1-6H3,(H2,20,25). The fraction of sp³-hybridized carbons (Fsp3) is 0.368. The number of thioether (sulfide) groups is 1. The molecule has 0 aliphatic carbocycles. The third-order valence-corrected chi connectivity index (χ3v) is 5.59. The van der Waals surface area contributed by atoms with Crippen LogP contribution in [0.25, 0.3) is 0 Å². The summed E-state index contributed by atoms with van der Waals surface area (Å²) in [6, 6.07) is 0. The quantitative estimate of drug-likeness (QED) is 0.597. The second kappa shape index (κ2) is 7.45. The fourth-order valence-corrected chi connectivity index (χ4v) is 4.08. The summed E-state index contributed by atoms with van der Waals surface area (Å²) in [4.78, 5) is 43.6. The molecule has 0 atom stereocenters. The van der Waals surface area contributed by atoms with Crippen LogP contribution in [-0.2, 0) is 0 Å². The van der Waals surface area contributed by atoms with Crippen molar-refractivity contribution in [2.45, 2.75) is 46.6 Å². The number of carbonyl (C=O) groups excluding carboxylic acids is 3. The lowest BCUT2D eigenvalue weighted by Crippen LogP contribution is -2.17. The van der Waals surface area contributed by atoms with Crippen molar-refractivity contribution in [2.24, 2.45) is 5.73 Å². The zero-order valence-corrected chi connectivity index (χ0v) is 16.7. The molecule has 1 amide bonds. The summed E-state index contributed by atoms with van der Waals surface area (Å²) in [5.74, 6) is -0.701. The first kappa shape index (κ1) is 19.9. The average molecular weight is 373 g/mol. The number of pyridine rings is 1. The molecule has 0 spiro atoms. The highest BCUT2D eigenvalue weighted by Crippen LogP contribution is 2.28.